The molecule has 1 aliphatic rings. The number of amides is 1. The van der Waals surface area contributed by atoms with Crippen LogP contribution in [0.1, 0.15) is 52.9 Å². The molecule has 0 unspecified atom stereocenters. The Labute approximate surface area is 98.2 Å². The van der Waals surface area contributed by atoms with Crippen molar-refractivity contribution in [1.82, 2.24) is 4.90 Å². The molecule has 0 radical (unpaired) electrons. The van der Waals surface area contributed by atoms with Gasteiger partial charge in [-0.05, 0) is 19.3 Å². The van der Waals surface area contributed by atoms with E-state index in [9.17, 15) is 9.59 Å². The van der Waals surface area contributed by atoms with Crippen molar-refractivity contribution in [2.45, 2.75) is 52.9 Å². The number of likely N-dealkylation sites (tertiary alicyclic amines) is 1. The molecule has 0 aromatic carbocycles. The number of hydrogen-bond acceptors (Lipinski definition) is 2. The molecule has 3 nitrogen and oxygen atoms in total. The maximum absolute atomic E-state index is 11.6. The summed E-state index contributed by atoms with van der Waals surface area (Å²) in [5.74, 6) is 0.599. The average molecular weight is 225 g/mol. The highest BCUT2D eigenvalue weighted by Gasteiger charge is 2.21. The molecule has 3 heteroatoms. The molecule has 0 aromatic rings. The quantitative estimate of drug-likeness (QED) is 0.674. The zero-order valence-electron chi connectivity index (χ0n) is 10.7. The van der Waals surface area contributed by atoms with E-state index in [0.717, 1.165) is 32.4 Å². The first-order chi connectivity index (χ1) is 7.41. The van der Waals surface area contributed by atoms with E-state index in [4.69, 9.17) is 0 Å². The minimum atomic E-state index is -0.219. The highest BCUT2D eigenvalue weighted by Crippen LogP contribution is 2.18. The van der Waals surface area contributed by atoms with E-state index in [1.165, 1.54) is 0 Å². The molecule has 0 N–H and O–H groups in total. The summed E-state index contributed by atoms with van der Waals surface area (Å²) in [4.78, 5) is 24.9. The van der Waals surface area contributed by atoms with Gasteiger partial charge in [-0.2, -0.15) is 0 Å². The van der Waals surface area contributed by atoms with Crippen LogP contribution in [-0.4, -0.2) is 29.7 Å². The van der Waals surface area contributed by atoms with Crippen molar-refractivity contribution in [1.29, 1.82) is 0 Å². The highest BCUT2D eigenvalue weighted by atomic mass is 16.2. The molecule has 0 aromatic heterocycles. The molecule has 0 atom stereocenters. The van der Waals surface area contributed by atoms with Crippen LogP contribution in [0.15, 0.2) is 0 Å². The first-order valence-corrected chi connectivity index (χ1v) is 6.22. The van der Waals surface area contributed by atoms with Crippen LogP contribution in [0.4, 0.5) is 0 Å². The molecular formula is C13H23NO2. The predicted octanol–water partition coefficient (Wildman–Crippen LogP) is 2.39. The number of Topliss-reactive ketones (excluding diaryl/α,β-unsaturated/α-hetero) is 1. The van der Waals surface area contributed by atoms with Crippen LogP contribution in [0.25, 0.3) is 0 Å². The lowest BCUT2D eigenvalue weighted by Crippen LogP contribution is -2.26. The average Bonchev–Trinajstić information content (AvgIpc) is 2.57. The van der Waals surface area contributed by atoms with E-state index < -0.39 is 0 Å². The summed E-state index contributed by atoms with van der Waals surface area (Å²) >= 11 is 0. The lowest BCUT2D eigenvalue weighted by Gasteiger charge is -2.18. The monoisotopic (exact) mass is 225 g/mol. The molecule has 0 spiro atoms. The van der Waals surface area contributed by atoms with Gasteiger partial charge in [0.15, 0.2) is 0 Å². The summed E-state index contributed by atoms with van der Waals surface area (Å²) < 4.78 is 0. The largest absolute Gasteiger partial charge is 0.343 e. The molecule has 16 heavy (non-hydrogen) atoms. The number of hydrogen-bond donors (Lipinski definition) is 0. The number of unbranched alkanes of at least 4 members (excludes halogenated alkanes) is 1. The van der Waals surface area contributed by atoms with E-state index in [2.05, 4.69) is 0 Å². The lowest BCUT2D eigenvalue weighted by molar-refractivity contribution is -0.127. The highest BCUT2D eigenvalue weighted by molar-refractivity contribution is 5.83. The van der Waals surface area contributed by atoms with Crippen LogP contribution < -0.4 is 0 Å². The number of ketones is 1. The summed E-state index contributed by atoms with van der Waals surface area (Å²) in [6, 6.07) is 0. The fraction of sp³-hybridized carbons (Fsp3) is 0.846. The summed E-state index contributed by atoms with van der Waals surface area (Å²) in [6.45, 7) is 7.61. The number of nitrogens with zero attached hydrogens (tertiary/aromatic N) is 1. The van der Waals surface area contributed by atoms with Crippen molar-refractivity contribution in [3.63, 3.8) is 0 Å². The zero-order chi connectivity index (χ0) is 12.2. The van der Waals surface area contributed by atoms with Gasteiger partial charge in [-0.3, -0.25) is 9.59 Å². The Bertz CT molecular complexity index is 266. The van der Waals surface area contributed by atoms with Gasteiger partial charge in [0.25, 0.3) is 0 Å². The van der Waals surface area contributed by atoms with Crippen LogP contribution in [0, 0.1) is 5.41 Å². The van der Waals surface area contributed by atoms with E-state index in [-0.39, 0.29) is 11.3 Å². The first-order valence-electron chi connectivity index (χ1n) is 6.22. The van der Waals surface area contributed by atoms with Gasteiger partial charge >= 0.3 is 0 Å². The molecule has 1 amide bonds. The molecule has 0 saturated carbocycles. The van der Waals surface area contributed by atoms with E-state index in [0.29, 0.717) is 18.6 Å². The van der Waals surface area contributed by atoms with E-state index >= 15 is 0 Å². The van der Waals surface area contributed by atoms with E-state index in [1.807, 2.05) is 25.7 Å². The molecular weight excluding hydrogens is 202 g/mol. The SMILES string of the molecule is CC(C)(C)C(=O)CCCCN1CCCC1=O. The zero-order valence-corrected chi connectivity index (χ0v) is 10.7. The molecule has 0 bridgehead atoms. The minimum Gasteiger partial charge on any atom is -0.343 e. The number of carbonyl (C=O) groups excluding carboxylic acids is 2. The molecule has 1 heterocycles. The summed E-state index contributed by atoms with van der Waals surface area (Å²) in [6.07, 6.45) is 4.21. The van der Waals surface area contributed by atoms with Gasteiger partial charge in [0, 0.05) is 31.3 Å². The fourth-order valence-electron chi connectivity index (χ4n) is 1.90. The van der Waals surface area contributed by atoms with Crippen LogP contribution in [0.3, 0.4) is 0 Å². The van der Waals surface area contributed by atoms with Crippen LogP contribution in [-0.2, 0) is 9.59 Å². The van der Waals surface area contributed by atoms with Crippen molar-refractivity contribution < 1.29 is 9.59 Å². The lowest BCUT2D eigenvalue weighted by atomic mass is 9.88. The van der Waals surface area contributed by atoms with Crippen molar-refractivity contribution in [2.75, 3.05) is 13.1 Å². The Hall–Kier alpha value is -0.860. The standard InChI is InChI=1S/C13H23NO2/c1-13(2,3)11(15)7-4-5-9-14-10-6-8-12(14)16/h4-10H2,1-3H3. The molecule has 1 rings (SSSR count). The van der Waals surface area contributed by atoms with Gasteiger partial charge < -0.3 is 4.90 Å². The van der Waals surface area contributed by atoms with Gasteiger partial charge in [-0.1, -0.05) is 20.8 Å². The number of carbonyl (C=O) groups is 2. The Balaban J connectivity index is 2.12. The first kappa shape index (κ1) is 13.2. The van der Waals surface area contributed by atoms with Gasteiger partial charge in [-0.15, -0.1) is 0 Å². The van der Waals surface area contributed by atoms with Gasteiger partial charge in [0.2, 0.25) is 5.91 Å². The minimum absolute atomic E-state index is 0.219. The third-order valence-corrected chi connectivity index (χ3v) is 3.09. The Morgan fingerprint density at radius 2 is 2.00 bits per heavy atom. The second-order valence-electron chi connectivity index (χ2n) is 5.61. The Morgan fingerprint density at radius 3 is 2.50 bits per heavy atom. The predicted molar refractivity (Wildman–Crippen MR) is 64.1 cm³/mol. The van der Waals surface area contributed by atoms with Crippen molar-refractivity contribution in [2.24, 2.45) is 5.41 Å². The van der Waals surface area contributed by atoms with Gasteiger partial charge in [-0.25, -0.2) is 0 Å². The fourth-order valence-corrected chi connectivity index (χ4v) is 1.90. The van der Waals surface area contributed by atoms with Crippen molar-refractivity contribution in [3.05, 3.63) is 0 Å². The van der Waals surface area contributed by atoms with Crippen LogP contribution >= 0.6 is 0 Å². The normalized spacial score (nSPS) is 16.9. The molecule has 92 valence electrons. The van der Waals surface area contributed by atoms with Gasteiger partial charge in [0.1, 0.15) is 5.78 Å². The van der Waals surface area contributed by atoms with Gasteiger partial charge in [0.05, 0.1) is 0 Å². The Kier molecular flexibility index (Phi) is 4.51. The summed E-state index contributed by atoms with van der Waals surface area (Å²) in [5.41, 5.74) is -0.219. The van der Waals surface area contributed by atoms with Crippen LogP contribution in [0.2, 0.25) is 0 Å². The summed E-state index contributed by atoms with van der Waals surface area (Å²) in [5, 5.41) is 0. The molecule has 1 saturated heterocycles. The number of rotatable bonds is 5. The Morgan fingerprint density at radius 1 is 1.31 bits per heavy atom. The molecule has 1 fully saturated rings. The van der Waals surface area contributed by atoms with E-state index in [1.54, 1.807) is 0 Å². The maximum Gasteiger partial charge on any atom is 0.222 e. The van der Waals surface area contributed by atoms with Crippen LogP contribution in [0.5, 0.6) is 0 Å². The smallest absolute Gasteiger partial charge is 0.222 e. The summed E-state index contributed by atoms with van der Waals surface area (Å²) in [7, 11) is 0. The third-order valence-electron chi connectivity index (χ3n) is 3.09. The maximum atomic E-state index is 11.6. The van der Waals surface area contributed by atoms with Crippen molar-refractivity contribution in [3.8, 4) is 0 Å². The molecule has 0 aliphatic carbocycles. The van der Waals surface area contributed by atoms with Crippen molar-refractivity contribution >= 4 is 11.7 Å². The molecule has 1 aliphatic heterocycles. The topological polar surface area (TPSA) is 37.4 Å². The third kappa shape index (κ3) is 3.95. The second-order valence-corrected chi connectivity index (χ2v) is 5.61. The second kappa shape index (κ2) is 5.46.